The van der Waals surface area contributed by atoms with Gasteiger partial charge in [0.2, 0.25) is 5.91 Å². The number of thioether (sulfide) groups is 1. The lowest BCUT2D eigenvalue weighted by Crippen LogP contribution is -2.44. The van der Waals surface area contributed by atoms with Gasteiger partial charge in [-0.05, 0) is 18.1 Å². The fourth-order valence-corrected chi connectivity index (χ4v) is 3.38. The van der Waals surface area contributed by atoms with E-state index >= 15 is 0 Å². The number of fused-ring (bicyclic) bond motifs is 1. The molecule has 1 aromatic carbocycles. The number of amides is 2. The summed E-state index contributed by atoms with van der Waals surface area (Å²) in [4.78, 5) is 30.1. The van der Waals surface area contributed by atoms with Gasteiger partial charge < -0.3 is 4.74 Å². The number of methoxy groups -OCH3 is 1. The van der Waals surface area contributed by atoms with Gasteiger partial charge in [0.25, 0.3) is 5.91 Å². The van der Waals surface area contributed by atoms with Crippen LogP contribution in [-0.2, 0) is 16.0 Å². The van der Waals surface area contributed by atoms with Crippen LogP contribution >= 0.6 is 11.8 Å². The van der Waals surface area contributed by atoms with Gasteiger partial charge in [-0.15, -0.1) is 0 Å². The number of para-hydroxylation sites is 1. The number of carbonyl (C=O) groups is 2. The minimum absolute atomic E-state index is 0.143. The Labute approximate surface area is 121 Å². The lowest BCUT2D eigenvalue weighted by atomic mass is 9.95. The molecule has 5 nitrogen and oxygen atoms in total. The molecule has 2 heterocycles. The summed E-state index contributed by atoms with van der Waals surface area (Å²) in [5, 5.41) is 0.552. The van der Waals surface area contributed by atoms with Crippen molar-refractivity contribution < 1.29 is 14.3 Å². The van der Waals surface area contributed by atoms with Gasteiger partial charge in [-0.25, -0.2) is 0 Å². The molecule has 0 radical (unpaired) electrons. The van der Waals surface area contributed by atoms with E-state index in [4.69, 9.17) is 4.74 Å². The standard InChI is InChI=1S/C14H14N2O3S/c1-19-11-5-3-2-4-9(11)8-10-12(17)15-14-16(13(10)18)6-7-20-14/h2-5,10H,6-8H2,1H3. The monoisotopic (exact) mass is 290 g/mol. The number of ether oxygens (including phenoxy) is 1. The number of carbonyl (C=O) groups excluding carboxylic acids is 2. The van der Waals surface area contributed by atoms with Crippen molar-refractivity contribution in [1.82, 2.24) is 4.90 Å². The average Bonchev–Trinajstić information content (AvgIpc) is 2.92. The van der Waals surface area contributed by atoms with E-state index in [1.807, 2.05) is 24.3 Å². The molecule has 0 spiro atoms. The summed E-state index contributed by atoms with van der Waals surface area (Å²) in [5.41, 5.74) is 0.854. The second-order valence-electron chi connectivity index (χ2n) is 4.64. The molecule has 0 saturated carbocycles. The lowest BCUT2D eigenvalue weighted by molar-refractivity contribution is -0.138. The molecule has 2 amide bonds. The summed E-state index contributed by atoms with van der Waals surface area (Å²) in [5.74, 6) is 0.282. The summed E-state index contributed by atoms with van der Waals surface area (Å²) >= 11 is 1.46. The van der Waals surface area contributed by atoms with Crippen LogP contribution in [0.2, 0.25) is 0 Å². The highest BCUT2D eigenvalue weighted by molar-refractivity contribution is 8.14. The number of amidine groups is 1. The van der Waals surface area contributed by atoms with Crippen molar-refractivity contribution >= 4 is 28.7 Å². The fourth-order valence-electron chi connectivity index (χ4n) is 2.43. The number of nitrogens with zero attached hydrogens (tertiary/aromatic N) is 2. The molecule has 1 fully saturated rings. The van der Waals surface area contributed by atoms with Crippen molar-refractivity contribution in [3.63, 3.8) is 0 Å². The highest BCUT2D eigenvalue weighted by Crippen LogP contribution is 2.29. The Morgan fingerprint density at radius 1 is 1.40 bits per heavy atom. The first-order valence-electron chi connectivity index (χ1n) is 6.39. The maximum atomic E-state index is 12.4. The molecule has 1 atom stereocenters. The number of hydrogen-bond acceptors (Lipinski definition) is 4. The van der Waals surface area contributed by atoms with Crippen molar-refractivity contribution in [2.75, 3.05) is 19.4 Å². The molecular weight excluding hydrogens is 276 g/mol. The van der Waals surface area contributed by atoms with E-state index < -0.39 is 5.92 Å². The third-order valence-electron chi connectivity index (χ3n) is 3.46. The summed E-state index contributed by atoms with van der Waals surface area (Å²) in [7, 11) is 1.58. The van der Waals surface area contributed by atoms with E-state index in [-0.39, 0.29) is 11.8 Å². The Morgan fingerprint density at radius 3 is 3.00 bits per heavy atom. The van der Waals surface area contributed by atoms with E-state index in [2.05, 4.69) is 4.99 Å². The van der Waals surface area contributed by atoms with Crippen molar-refractivity contribution in [3.8, 4) is 5.75 Å². The SMILES string of the molecule is COc1ccccc1CC1C(=O)N=C2SCCN2C1=O. The summed E-state index contributed by atoms with van der Waals surface area (Å²) in [6, 6.07) is 7.43. The molecule has 1 aromatic rings. The van der Waals surface area contributed by atoms with Gasteiger partial charge in [0.15, 0.2) is 5.17 Å². The Bertz CT molecular complexity index is 600. The third kappa shape index (κ3) is 2.20. The van der Waals surface area contributed by atoms with Crippen molar-refractivity contribution in [2.45, 2.75) is 6.42 Å². The van der Waals surface area contributed by atoms with Crippen LogP contribution < -0.4 is 4.74 Å². The van der Waals surface area contributed by atoms with Gasteiger partial charge in [0, 0.05) is 12.3 Å². The van der Waals surface area contributed by atoms with E-state index in [9.17, 15) is 9.59 Å². The fraction of sp³-hybridized carbons (Fsp3) is 0.357. The molecule has 6 heteroatoms. The van der Waals surface area contributed by atoms with Crippen molar-refractivity contribution in [1.29, 1.82) is 0 Å². The van der Waals surface area contributed by atoms with Crippen molar-refractivity contribution in [2.24, 2.45) is 10.9 Å². The molecule has 104 valence electrons. The molecule has 1 saturated heterocycles. The van der Waals surface area contributed by atoms with Crippen LogP contribution in [0.1, 0.15) is 5.56 Å². The number of hydrogen-bond donors (Lipinski definition) is 0. The topological polar surface area (TPSA) is 59.0 Å². The Balaban J connectivity index is 1.87. The second kappa shape index (κ2) is 5.28. The molecule has 0 N–H and O–H groups in total. The van der Waals surface area contributed by atoms with Gasteiger partial charge in [-0.1, -0.05) is 30.0 Å². The minimum atomic E-state index is -0.728. The smallest absolute Gasteiger partial charge is 0.261 e. The number of rotatable bonds is 3. The van der Waals surface area contributed by atoms with Crippen LogP contribution in [0.5, 0.6) is 5.75 Å². The second-order valence-corrected chi connectivity index (χ2v) is 5.70. The van der Waals surface area contributed by atoms with Crippen LogP contribution in [0.15, 0.2) is 29.3 Å². The molecule has 20 heavy (non-hydrogen) atoms. The Kier molecular flexibility index (Phi) is 3.48. The zero-order chi connectivity index (χ0) is 14.1. The van der Waals surface area contributed by atoms with Crippen LogP contribution in [0, 0.1) is 5.92 Å². The molecule has 2 aliphatic heterocycles. The highest BCUT2D eigenvalue weighted by Gasteiger charge is 2.40. The van der Waals surface area contributed by atoms with Crippen molar-refractivity contribution in [3.05, 3.63) is 29.8 Å². The quantitative estimate of drug-likeness (QED) is 0.788. The summed E-state index contributed by atoms with van der Waals surface area (Å²) in [6.45, 7) is 0.637. The van der Waals surface area contributed by atoms with Crippen LogP contribution in [0.25, 0.3) is 0 Å². The highest BCUT2D eigenvalue weighted by atomic mass is 32.2. The number of benzene rings is 1. The largest absolute Gasteiger partial charge is 0.496 e. The molecule has 3 rings (SSSR count). The van der Waals surface area contributed by atoms with Gasteiger partial charge >= 0.3 is 0 Å². The molecule has 2 aliphatic rings. The van der Waals surface area contributed by atoms with Gasteiger partial charge in [-0.2, -0.15) is 4.99 Å². The molecule has 0 bridgehead atoms. The summed E-state index contributed by atoms with van der Waals surface area (Å²) in [6.07, 6.45) is 0.333. The van der Waals surface area contributed by atoms with Gasteiger partial charge in [-0.3, -0.25) is 14.5 Å². The maximum Gasteiger partial charge on any atom is 0.261 e. The predicted molar refractivity (Wildman–Crippen MR) is 76.8 cm³/mol. The van der Waals surface area contributed by atoms with E-state index in [1.54, 1.807) is 12.0 Å². The minimum Gasteiger partial charge on any atom is -0.496 e. The van der Waals surface area contributed by atoms with Crippen LogP contribution in [0.4, 0.5) is 0 Å². The zero-order valence-corrected chi connectivity index (χ0v) is 11.9. The number of aliphatic imine (C=N–C) groups is 1. The zero-order valence-electron chi connectivity index (χ0n) is 11.0. The van der Waals surface area contributed by atoms with Crippen LogP contribution in [-0.4, -0.2) is 41.3 Å². The normalized spacial score (nSPS) is 21.8. The molecular formula is C14H14N2O3S. The first-order valence-corrected chi connectivity index (χ1v) is 7.38. The maximum absolute atomic E-state index is 12.4. The molecule has 0 aliphatic carbocycles. The van der Waals surface area contributed by atoms with Gasteiger partial charge in [0.1, 0.15) is 11.7 Å². The Hall–Kier alpha value is -1.82. The van der Waals surface area contributed by atoms with Crippen LogP contribution in [0.3, 0.4) is 0 Å². The third-order valence-corrected chi connectivity index (χ3v) is 4.42. The van der Waals surface area contributed by atoms with E-state index in [0.29, 0.717) is 23.9 Å². The summed E-state index contributed by atoms with van der Waals surface area (Å²) < 4.78 is 5.27. The van der Waals surface area contributed by atoms with E-state index in [1.165, 1.54) is 11.8 Å². The first kappa shape index (κ1) is 13.2. The molecule has 1 unspecified atom stereocenters. The van der Waals surface area contributed by atoms with Gasteiger partial charge in [0.05, 0.1) is 7.11 Å². The van der Waals surface area contributed by atoms with E-state index in [0.717, 1.165) is 11.3 Å². The predicted octanol–water partition coefficient (Wildman–Crippen LogP) is 1.33. The lowest BCUT2D eigenvalue weighted by Gasteiger charge is -2.25. The molecule has 0 aromatic heterocycles. The first-order chi connectivity index (χ1) is 9.70. The Morgan fingerprint density at radius 2 is 2.20 bits per heavy atom. The average molecular weight is 290 g/mol.